The van der Waals surface area contributed by atoms with Crippen molar-refractivity contribution in [3.05, 3.63) is 71.5 Å². The van der Waals surface area contributed by atoms with E-state index in [1.54, 1.807) is 30.3 Å². The molecule has 0 aliphatic rings. The van der Waals surface area contributed by atoms with Crippen molar-refractivity contribution in [2.75, 3.05) is 11.1 Å². The third-order valence-corrected chi connectivity index (χ3v) is 4.09. The van der Waals surface area contributed by atoms with Crippen LogP contribution in [0.3, 0.4) is 0 Å². The fourth-order valence-corrected chi connectivity index (χ4v) is 2.51. The van der Waals surface area contributed by atoms with Crippen LogP contribution >= 0.6 is 0 Å². The van der Waals surface area contributed by atoms with Crippen LogP contribution in [0.2, 0.25) is 0 Å². The fraction of sp³-hybridized carbons (Fsp3) is 0.190. The number of carbonyl (C=O) groups excluding carboxylic acids is 2. The van der Waals surface area contributed by atoms with Gasteiger partial charge in [-0.3, -0.25) is 4.79 Å². The predicted molar refractivity (Wildman–Crippen MR) is 112 cm³/mol. The molecule has 0 spiro atoms. The van der Waals surface area contributed by atoms with Crippen molar-refractivity contribution < 1.29 is 14.3 Å². The van der Waals surface area contributed by atoms with Crippen molar-refractivity contribution in [1.29, 1.82) is 0 Å². The first kappa shape index (κ1) is 20.7. The monoisotopic (exact) mass is 406 g/mol. The van der Waals surface area contributed by atoms with Gasteiger partial charge in [-0.1, -0.05) is 35.9 Å². The summed E-state index contributed by atoms with van der Waals surface area (Å²) in [6.45, 7) is 3.31. The van der Waals surface area contributed by atoms with Crippen molar-refractivity contribution >= 4 is 29.5 Å². The van der Waals surface area contributed by atoms with Gasteiger partial charge in [0.1, 0.15) is 6.04 Å². The Bertz CT molecular complexity index is 1020. The number of hydrogen-bond acceptors (Lipinski definition) is 8. The number of hydrogen-bond donors (Lipinski definition) is 3. The van der Waals surface area contributed by atoms with E-state index in [1.165, 1.54) is 6.92 Å². The summed E-state index contributed by atoms with van der Waals surface area (Å²) in [6, 6.07) is 15.4. The highest BCUT2D eigenvalue weighted by Crippen LogP contribution is 2.14. The summed E-state index contributed by atoms with van der Waals surface area (Å²) < 4.78 is 5.21. The number of nitrogens with two attached hydrogens (primary N) is 1. The highest BCUT2D eigenvalue weighted by atomic mass is 16.5. The van der Waals surface area contributed by atoms with Gasteiger partial charge in [-0.2, -0.15) is 15.0 Å². The molecular formula is C21H22N6O3. The SMILES string of the molecule is Cc1ccc(Nc2nc(N)nc(COC(=O)[C@H](C)NC(=O)c3ccccc3)n2)cc1. The van der Waals surface area contributed by atoms with Crippen LogP contribution in [-0.2, 0) is 16.1 Å². The van der Waals surface area contributed by atoms with E-state index in [1.807, 2.05) is 31.2 Å². The van der Waals surface area contributed by atoms with E-state index >= 15 is 0 Å². The molecule has 0 bridgehead atoms. The number of ether oxygens (including phenoxy) is 1. The molecule has 4 N–H and O–H groups in total. The van der Waals surface area contributed by atoms with Crippen LogP contribution < -0.4 is 16.4 Å². The number of rotatable bonds is 7. The van der Waals surface area contributed by atoms with E-state index in [2.05, 4.69) is 25.6 Å². The molecule has 1 atom stereocenters. The lowest BCUT2D eigenvalue weighted by molar-refractivity contribution is -0.147. The molecule has 0 fully saturated rings. The number of aryl methyl sites for hydroxylation is 1. The standard InChI is InChI=1S/C21H22N6O3/c1-13-8-10-16(11-9-13)24-21-26-17(25-20(22)27-21)12-30-19(29)14(2)23-18(28)15-6-4-3-5-7-15/h3-11,14H,12H2,1-2H3,(H,23,28)(H3,22,24,25,26,27)/t14-/m0/s1. The van der Waals surface area contributed by atoms with Crippen molar-refractivity contribution in [1.82, 2.24) is 20.3 Å². The second kappa shape index (κ2) is 9.46. The van der Waals surface area contributed by atoms with Crippen molar-refractivity contribution in [2.24, 2.45) is 0 Å². The highest BCUT2D eigenvalue weighted by molar-refractivity contribution is 5.96. The van der Waals surface area contributed by atoms with Gasteiger partial charge in [-0.25, -0.2) is 4.79 Å². The first-order valence-electron chi connectivity index (χ1n) is 9.27. The van der Waals surface area contributed by atoms with Crippen LogP contribution in [0.25, 0.3) is 0 Å². The Morgan fingerprint density at radius 1 is 1.03 bits per heavy atom. The maximum atomic E-state index is 12.2. The number of nitrogens with zero attached hydrogens (tertiary/aromatic N) is 3. The van der Waals surface area contributed by atoms with Crippen LogP contribution in [0.1, 0.15) is 28.7 Å². The number of anilines is 3. The van der Waals surface area contributed by atoms with Gasteiger partial charge in [0, 0.05) is 11.3 Å². The normalized spacial score (nSPS) is 11.4. The highest BCUT2D eigenvalue weighted by Gasteiger charge is 2.18. The molecule has 0 radical (unpaired) electrons. The molecule has 0 aliphatic heterocycles. The first-order valence-corrected chi connectivity index (χ1v) is 9.27. The van der Waals surface area contributed by atoms with Gasteiger partial charge in [0.2, 0.25) is 11.9 Å². The first-order chi connectivity index (χ1) is 14.4. The fourth-order valence-electron chi connectivity index (χ4n) is 2.51. The van der Waals surface area contributed by atoms with Crippen LogP contribution in [0.4, 0.5) is 17.6 Å². The number of aromatic nitrogens is 3. The Morgan fingerprint density at radius 3 is 2.43 bits per heavy atom. The van der Waals surface area contributed by atoms with Crippen molar-refractivity contribution in [2.45, 2.75) is 26.5 Å². The number of amides is 1. The minimum absolute atomic E-state index is 0.00362. The molecule has 0 saturated heterocycles. The molecule has 1 heterocycles. The summed E-state index contributed by atoms with van der Waals surface area (Å²) >= 11 is 0. The minimum atomic E-state index is -0.845. The van der Waals surface area contributed by atoms with E-state index in [4.69, 9.17) is 10.5 Å². The van der Waals surface area contributed by atoms with Gasteiger partial charge in [-0.05, 0) is 38.1 Å². The van der Waals surface area contributed by atoms with Crippen LogP contribution in [0.5, 0.6) is 0 Å². The third-order valence-electron chi connectivity index (χ3n) is 4.09. The second-order valence-corrected chi connectivity index (χ2v) is 6.59. The lowest BCUT2D eigenvalue weighted by Gasteiger charge is -2.13. The zero-order valence-electron chi connectivity index (χ0n) is 16.6. The minimum Gasteiger partial charge on any atom is -0.456 e. The largest absolute Gasteiger partial charge is 0.456 e. The van der Waals surface area contributed by atoms with Crippen molar-refractivity contribution in [3.63, 3.8) is 0 Å². The number of benzene rings is 2. The van der Waals surface area contributed by atoms with Gasteiger partial charge in [0.15, 0.2) is 12.4 Å². The van der Waals surface area contributed by atoms with Crippen LogP contribution in [0, 0.1) is 6.92 Å². The third kappa shape index (κ3) is 5.74. The Hall–Kier alpha value is -4.01. The summed E-state index contributed by atoms with van der Waals surface area (Å²) in [7, 11) is 0. The quantitative estimate of drug-likeness (QED) is 0.510. The molecule has 9 nitrogen and oxygen atoms in total. The molecule has 1 aromatic heterocycles. The average Bonchev–Trinajstić information content (AvgIpc) is 2.74. The molecule has 0 unspecified atom stereocenters. The molecule has 1 amide bonds. The Balaban J connectivity index is 1.58. The molecule has 3 rings (SSSR count). The Labute approximate surface area is 173 Å². The number of nitrogen functional groups attached to an aromatic ring is 1. The van der Waals surface area contributed by atoms with Gasteiger partial charge in [-0.15, -0.1) is 0 Å². The summed E-state index contributed by atoms with van der Waals surface area (Å²) in [5.41, 5.74) is 8.09. The predicted octanol–water partition coefficient (Wildman–Crippen LogP) is 2.37. The Morgan fingerprint density at radius 2 is 1.73 bits per heavy atom. The van der Waals surface area contributed by atoms with E-state index in [-0.39, 0.29) is 30.2 Å². The molecule has 3 aromatic rings. The van der Waals surface area contributed by atoms with Crippen LogP contribution in [0.15, 0.2) is 54.6 Å². The second-order valence-electron chi connectivity index (χ2n) is 6.59. The molecule has 30 heavy (non-hydrogen) atoms. The van der Waals surface area contributed by atoms with E-state index in [0.29, 0.717) is 5.56 Å². The zero-order chi connectivity index (χ0) is 21.5. The maximum Gasteiger partial charge on any atom is 0.328 e. The smallest absolute Gasteiger partial charge is 0.328 e. The number of nitrogens with one attached hydrogen (secondary N) is 2. The zero-order valence-corrected chi connectivity index (χ0v) is 16.6. The summed E-state index contributed by atoms with van der Waals surface area (Å²) in [5, 5.41) is 5.62. The summed E-state index contributed by atoms with van der Waals surface area (Å²) in [5.74, 6) is -0.564. The van der Waals surface area contributed by atoms with Gasteiger partial charge >= 0.3 is 5.97 Å². The van der Waals surface area contributed by atoms with Gasteiger partial charge in [0.25, 0.3) is 5.91 Å². The summed E-state index contributed by atoms with van der Waals surface area (Å²) in [6.07, 6.45) is 0. The van der Waals surface area contributed by atoms with E-state index in [0.717, 1.165) is 11.3 Å². The maximum absolute atomic E-state index is 12.2. The van der Waals surface area contributed by atoms with Crippen molar-refractivity contribution in [3.8, 4) is 0 Å². The van der Waals surface area contributed by atoms with Gasteiger partial charge in [0.05, 0.1) is 0 Å². The Kier molecular flexibility index (Phi) is 6.53. The molecule has 0 saturated carbocycles. The lowest BCUT2D eigenvalue weighted by Crippen LogP contribution is -2.39. The number of esters is 1. The molecule has 2 aromatic carbocycles. The van der Waals surface area contributed by atoms with Crippen LogP contribution in [-0.4, -0.2) is 32.9 Å². The summed E-state index contributed by atoms with van der Waals surface area (Å²) in [4.78, 5) is 36.6. The van der Waals surface area contributed by atoms with E-state index in [9.17, 15) is 9.59 Å². The molecular weight excluding hydrogens is 384 g/mol. The molecule has 0 aliphatic carbocycles. The molecule has 9 heteroatoms. The van der Waals surface area contributed by atoms with Gasteiger partial charge < -0.3 is 21.1 Å². The topological polar surface area (TPSA) is 132 Å². The number of carbonyl (C=O) groups is 2. The molecule has 154 valence electrons. The lowest BCUT2D eigenvalue weighted by atomic mass is 10.2. The van der Waals surface area contributed by atoms with E-state index < -0.39 is 12.0 Å². The average molecular weight is 406 g/mol.